The van der Waals surface area contributed by atoms with Gasteiger partial charge in [0.2, 0.25) is 0 Å². The van der Waals surface area contributed by atoms with Gasteiger partial charge < -0.3 is 11.1 Å². The Morgan fingerprint density at radius 1 is 1.12 bits per heavy atom. The predicted octanol–water partition coefficient (Wildman–Crippen LogP) is 3.15. The minimum absolute atomic E-state index is 0.0843. The Balaban J connectivity index is 1.68. The zero-order chi connectivity index (χ0) is 17.8. The molecule has 0 saturated carbocycles. The molecule has 3 aromatic rings. The number of aromatic nitrogens is 3. The molecular formula is C17H15Cl2N5O. The number of nitrogens with one attached hydrogen (secondary N) is 1. The molecule has 1 aromatic heterocycles. The van der Waals surface area contributed by atoms with Gasteiger partial charge in [0.25, 0.3) is 5.91 Å². The second kappa shape index (κ2) is 7.55. The lowest BCUT2D eigenvalue weighted by Crippen LogP contribution is -2.24. The highest BCUT2D eigenvalue weighted by atomic mass is 35.5. The largest absolute Gasteiger partial charge is 0.382 e. The van der Waals surface area contributed by atoms with Gasteiger partial charge in [-0.3, -0.25) is 4.79 Å². The van der Waals surface area contributed by atoms with E-state index < -0.39 is 5.91 Å². The number of carbonyl (C=O) groups excluding carboxylic acids is 1. The van der Waals surface area contributed by atoms with Crippen LogP contribution in [0.2, 0.25) is 10.0 Å². The zero-order valence-electron chi connectivity index (χ0n) is 13.1. The number of carbonyl (C=O) groups is 1. The maximum Gasteiger partial charge on any atom is 0.275 e. The van der Waals surface area contributed by atoms with E-state index >= 15 is 0 Å². The summed E-state index contributed by atoms with van der Waals surface area (Å²) in [4.78, 5) is 12.3. The Labute approximate surface area is 154 Å². The summed E-state index contributed by atoms with van der Waals surface area (Å²) in [5, 5.41) is 11.8. The molecule has 1 heterocycles. The molecule has 2 aromatic carbocycles. The maximum absolute atomic E-state index is 12.3. The second-order valence-electron chi connectivity index (χ2n) is 5.38. The number of benzene rings is 2. The van der Waals surface area contributed by atoms with E-state index in [9.17, 15) is 4.79 Å². The minimum atomic E-state index is -0.391. The van der Waals surface area contributed by atoms with Crippen molar-refractivity contribution < 1.29 is 4.79 Å². The van der Waals surface area contributed by atoms with E-state index in [1.807, 2.05) is 30.3 Å². The molecule has 25 heavy (non-hydrogen) atoms. The molecule has 0 radical (unpaired) electrons. The molecule has 0 atom stereocenters. The molecule has 128 valence electrons. The number of anilines is 1. The van der Waals surface area contributed by atoms with Gasteiger partial charge in [0.15, 0.2) is 11.5 Å². The molecule has 6 nitrogen and oxygen atoms in total. The number of hydrogen-bond donors (Lipinski definition) is 2. The van der Waals surface area contributed by atoms with Crippen LogP contribution in [0.5, 0.6) is 0 Å². The molecule has 0 fully saturated rings. The number of nitrogen functional groups attached to an aromatic ring is 1. The minimum Gasteiger partial charge on any atom is -0.382 e. The van der Waals surface area contributed by atoms with Gasteiger partial charge in [0.1, 0.15) is 0 Å². The Morgan fingerprint density at radius 2 is 1.84 bits per heavy atom. The van der Waals surface area contributed by atoms with Crippen molar-refractivity contribution in [3.8, 4) is 0 Å². The number of rotatable bonds is 5. The Morgan fingerprint density at radius 3 is 2.56 bits per heavy atom. The van der Waals surface area contributed by atoms with Crippen LogP contribution in [0.3, 0.4) is 0 Å². The highest BCUT2D eigenvalue weighted by molar-refractivity contribution is 6.31. The van der Waals surface area contributed by atoms with Crippen LogP contribution < -0.4 is 11.1 Å². The van der Waals surface area contributed by atoms with Crippen molar-refractivity contribution >= 4 is 34.9 Å². The molecule has 0 aliphatic rings. The highest BCUT2D eigenvalue weighted by Crippen LogP contribution is 2.18. The van der Waals surface area contributed by atoms with Crippen LogP contribution in [0.15, 0.2) is 48.5 Å². The SMILES string of the molecule is Nc1c(C(=O)NCc2ccc(Cl)cc2)nnn1Cc1ccccc1Cl. The van der Waals surface area contributed by atoms with E-state index in [4.69, 9.17) is 28.9 Å². The first-order valence-electron chi connectivity index (χ1n) is 7.49. The van der Waals surface area contributed by atoms with Gasteiger partial charge in [-0.2, -0.15) is 0 Å². The first-order valence-corrected chi connectivity index (χ1v) is 8.25. The molecular weight excluding hydrogens is 361 g/mol. The van der Waals surface area contributed by atoms with Crippen LogP contribution in [-0.2, 0) is 13.1 Å². The number of halogens is 2. The molecule has 0 bridgehead atoms. The van der Waals surface area contributed by atoms with Crippen LogP contribution in [0.4, 0.5) is 5.82 Å². The van der Waals surface area contributed by atoms with Crippen molar-refractivity contribution in [1.82, 2.24) is 20.3 Å². The lowest BCUT2D eigenvalue weighted by atomic mass is 10.2. The van der Waals surface area contributed by atoms with Gasteiger partial charge in [-0.25, -0.2) is 4.68 Å². The summed E-state index contributed by atoms with van der Waals surface area (Å²) in [5.41, 5.74) is 7.85. The molecule has 3 rings (SSSR count). The summed E-state index contributed by atoms with van der Waals surface area (Å²) in [6.07, 6.45) is 0. The van der Waals surface area contributed by atoms with Crippen molar-refractivity contribution in [1.29, 1.82) is 0 Å². The monoisotopic (exact) mass is 375 g/mol. The molecule has 0 spiro atoms. The van der Waals surface area contributed by atoms with E-state index in [2.05, 4.69) is 15.6 Å². The van der Waals surface area contributed by atoms with E-state index in [1.165, 1.54) is 4.68 Å². The quantitative estimate of drug-likeness (QED) is 0.716. The normalized spacial score (nSPS) is 10.6. The number of amides is 1. The first kappa shape index (κ1) is 17.3. The van der Waals surface area contributed by atoms with Crippen LogP contribution in [0, 0.1) is 0 Å². The lowest BCUT2D eigenvalue weighted by molar-refractivity contribution is 0.0946. The molecule has 0 aliphatic carbocycles. The standard InChI is InChI=1S/C17H15Cl2N5O/c18-13-7-5-11(6-8-13)9-21-17(25)15-16(20)24(23-22-15)10-12-3-1-2-4-14(12)19/h1-8H,9-10,20H2,(H,21,25). The molecule has 0 aliphatic heterocycles. The maximum atomic E-state index is 12.3. The Kier molecular flexibility index (Phi) is 5.21. The fraction of sp³-hybridized carbons (Fsp3) is 0.118. The van der Waals surface area contributed by atoms with Crippen molar-refractivity contribution in [2.24, 2.45) is 0 Å². The van der Waals surface area contributed by atoms with Crippen molar-refractivity contribution in [3.05, 3.63) is 75.4 Å². The molecule has 1 amide bonds. The van der Waals surface area contributed by atoms with E-state index in [-0.39, 0.29) is 11.5 Å². The van der Waals surface area contributed by atoms with Crippen molar-refractivity contribution in [3.63, 3.8) is 0 Å². The predicted molar refractivity (Wildman–Crippen MR) is 97.6 cm³/mol. The molecule has 0 saturated heterocycles. The second-order valence-corrected chi connectivity index (χ2v) is 6.23. The van der Waals surface area contributed by atoms with Gasteiger partial charge in [0, 0.05) is 16.6 Å². The average Bonchev–Trinajstić information content (AvgIpc) is 2.97. The third-order valence-electron chi connectivity index (χ3n) is 3.63. The van der Waals surface area contributed by atoms with Gasteiger partial charge in [-0.05, 0) is 29.3 Å². The third-order valence-corrected chi connectivity index (χ3v) is 4.25. The number of hydrogen-bond acceptors (Lipinski definition) is 4. The van der Waals surface area contributed by atoms with Crippen LogP contribution in [-0.4, -0.2) is 20.9 Å². The fourth-order valence-electron chi connectivity index (χ4n) is 2.26. The lowest BCUT2D eigenvalue weighted by Gasteiger charge is -2.06. The van der Waals surface area contributed by atoms with Gasteiger partial charge in [0.05, 0.1) is 6.54 Å². The summed E-state index contributed by atoms with van der Waals surface area (Å²) in [6.45, 7) is 0.676. The summed E-state index contributed by atoms with van der Waals surface area (Å²) in [7, 11) is 0. The molecule has 0 unspecified atom stereocenters. The summed E-state index contributed by atoms with van der Waals surface area (Å²) < 4.78 is 1.44. The van der Waals surface area contributed by atoms with E-state index in [1.54, 1.807) is 18.2 Å². The van der Waals surface area contributed by atoms with Crippen LogP contribution >= 0.6 is 23.2 Å². The highest BCUT2D eigenvalue weighted by Gasteiger charge is 2.17. The smallest absolute Gasteiger partial charge is 0.275 e. The number of nitrogens with two attached hydrogens (primary N) is 1. The zero-order valence-corrected chi connectivity index (χ0v) is 14.6. The summed E-state index contributed by atoms with van der Waals surface area (Å²) >= 11 is 12.0. The summed E-state index contributed by atoms with van der Waals surface area (Å²) in [5.74, 6) is -0.202. The number of nitrogens with zero attached hydrogens (tertiary/aromatic N) is 3. The first-order chi connectivity index (χ1) is 12.0. The average molecular weight is 376 g/mol. The van der Waals surface area contributed by atoms with Gasteiger partial charge in [-0.15, -0.1) is 5.10 Å². The Bertz CT molecular complexity index is 892. The molecule has 8 heteroatoms. The fourth-order valence-corrected chi connectivity index (χ4v) is 2.58. The third kappa shape index (κ3) is 4.10. The van der Waals surface area contributed by atoms with E-state index in [0.717, 1.165) is 11.1 Å². The Hall–Kier alpha value is -2.57. The van der Waals surface area contributed by atoms with Gasteiger partial charge >= 0.3 is 0 Å². The van der Waals surface area contributed by atoms with Crippen molar-refractivity contribution in [2.75, 3.05) is 5.73 Å². The topological polar surface area (TPSA) is 85.8 Å². The van der Waals surface area contributed by atoms with Crippen molar-refractivity contribution in [2.45, 2.75) is 13.1 Å². The summed E-state index contributed by atoms with van der Waals surface area (Å²) in [6, 6.07) is 14.5. The van der Waals surface area contributed by atoms with E-state index in [0.29, 0.717) is 23.1 Å². The molecule has 3 N–H and O–H groups in total. The van der Waals surface area contributed by atoms with Crippen LogP contribution in [0.25, 0.3) is 0 Å². The van der Waals surface area contributed by atoms with Crippen LogP contribution in [0.1, 0.15) is 21.6 Å². The van der Waals surface area contributed by atoms with Gasteiger partial charge in [-0.1, -0.05) is 58.7 Å².